The Labute approximate surface area is 532 Å². The van der Waals surface area contributed by atoms with E-state index < -0.39 is 12.1 Å². The smallest absolute Gasteiger partial charge is 0.305 e. The fourth-order valence-corrected chi connectivity index (χ4v) is 12.3. The zero-order chi connectivity index (χ0) is 61.3. The molecule has 6 nitrogen and oxygen atoms in total. The topological polar surface area (TPSA) is 95.9 Å². The van der Waals surface area contributed by atoms with Crippen molar-refractivity contribution in [3.05, 3.63) is 36.5 Å². The van der Waals surface area contributed by atoms with Crippen LogP contribution in [0.3, 0.4) is 0 Å². The number of esters is 1. The first-order valence-electron chi connectivity index (χ1n) is 38.8. The molecule has 0 spiro atoms. The second-order valence-electron chi connectivity index (χ2n) is 26.7. The monoisotopic (exact) mass is 1190 g/mol. The molecule has 0 heterocycles. The molecule has 0 aromatic rings. The van der Waals surface area contributed by atoms with Gasteiger partial charge in [-0.05, 0) is 64.2 Å². The summed E-state index contributed by atoms with van der Waals surface area (Å²) in [5.41, 5.74) is 0. The van der Waals surface area contributed by atoms with Crippen molar-refractivity contribution < 1.29 is 24.5 Å². The minimum absolute atomic E-state index is 0.0147. The molecule has 0 aliphatic carbocycles. The minimum Gasteiger partial charge on any atom is -0.466 e. The van der Waals surface area contributed by atoms with Gasteiger partial charge in [0.2, 0.25) is 5.91 Å². The van der Waals surface area contributed by atoms with E-state index in [0.717, 1.165) is 51.4 Å². The van der Waals surface area contributed by atoms with Crippen LogP contribution in [0.1, 0.15) is 431 Å². The molecule has 0 fully saturated rings. The number of carbonyl (C=O) groups excluding carboxylic acids is 2. The highest BCUT2D eigenvalue weighted by atomic mass is 16.5. The zero-order valence-electron chi connectivity index (χ0n) is 57.6. The lowest BCUT2D eigenvalue weighted by Crippen LogP contribution is -2.45. The number of allylic oxidation sites excluding steroid dienone is 5. The van der Waals surface area contributed by atoms with Crippen LogP contribution in [0, 0.1) is 0 Å². The molecule has 0 rings (SSSR count). The van der Waals surface area contributed by atoms with Crippen molar-refractivity contribution in [2.24, 2.45) is 0 Å². The molecule has 0 bridgehead atoms. The third kappa shape index (κ3) is 71.0. The van der Waals surface area contributed by atoms with E-state index >= 15 is 0 Å². The molecule has 502 valence electrons. The lowest BCUT2D eigenvalue weighted by Gasteiger charge is -2.20. The van der Waals surface area contributed by atoms with Gasteiger partial charge in [0.15, 0.2) is 0 Å². The van der Waals surface area contributed by atoms with Gasteiger partial charge in [-0.2, -0.15) is 0 Å². The van der Waals surface area contributed by atoms with Gasteiger partial charge in [0.25, 0.3) is 0 Å². The molecule has 0 aromatic carbocycles. The Kier molecular flexibility index (Phi) is 72.9. The average Bonchev–Trinajstić information content (AvgIpc) is 3.51. The number of amides is 1. The maximum Gasteiger partial charge on any atom is 0.305 e. The maximum atomic E-state index is 12.5. The molecule has 2 atom stereocenters. The summed E-state index contributed by atoms with van der Waals surface area (Å²) < 4.78 is 5.51. The lowest BCUT2D eigenvalue weighted by molar-refractivity contribution is -0.143. The average molecular weight is 1200 g/mol. The molecule has 3 N–H and O–H groups in total. The van der Waals surface area contributed by atoms with Gasteiger partial charge in [-0.25, -0.2) is 0 Å². The number of nitrogens with one attached hydrogen (secondary N) is 1. The van der Waals surface area contributed by atoms with Gasteiger partial charge < -0.3 is 20.3 Å². The zero-order valence-corrected chi connectivity index (χ0v) is 57.6. The fraction of sp³-hybridized carbons (Fsp3) is 0.899. The second-order valence-corrected chi connectivity index (χ2v) is 26.7. The summed E-state index contributed by atoms with van der Waals surface area (Å²) in [4.78, 5) is 24.7. The molecule has 85 heavy (non-hydrogen) atoms. The number of ether oxygens (including phenoxy) is 1. The standard InChI is InChI=1S/C79H151NO5/c1-3-5-7-9-11-13-15-17-19-21-23-24-32-36-39-43-47-51-55-59-63-67-71-77(82)76(75-81)80-78(83)72-68-64-60-56-52-48-44-40-37-33-30-28-26-25-27-29-31-34-38-42-46-50-54-58-62-66-70-74-85-79(84)73-69-65-61-57-53-49-45-41-35-22-20-18-16-14-12-10-8-6-4-2/h12,14,18,20,67,71,76-77,81-82H,3-11,13,15-17,19,21-66,68-70,72-75H2,1-2H3,(H,80,83)/b14-12-,20-18-,71-67+. The molecule has 0 radical (unpaired) electrons. The van der Waals surface area contributed by atoms with E-state index in [2.05, 4.69) is 43.5 Å². The van der Waals surface area contributed by atoms with Gasteiger partial charge in [0, 0.05) is 12.8 Å². The molecule has 2 unspecified atom stereocenters. The van der Waals surface area contributed by atoms with Crippen LogP contribution in [0.2, 0.25) is 0 Å². The van der Waals surface area contributed by atoms with Crippen LogP contribution in [-0.4, -0.2) is 47.4 Å². The number of carbonyl (C=O) groups is 2. The summed E-state index contributed by atoms with van der Waals surface area (Å²) in [6.07, 6.45) is 96.8. The molecule has 6 heteroatoms. The Morgan fingerprint density at radius 1 is 0.329 bits per heavy atom. The highest BCUT2D eigenvalue weighted by Gasteiger charge is 2.18. The molecule has 0 aromatic heterocycles. The van der Waals surface area contributed by atoms with E-state index in [1.807, 2.05) is 6.08 Å². The quantitative estimate of drug-likeness (QED) is 0.0320. The van der Waals surface area contributed by atoms with Crippen LogP contribution in [0.4, 0.5) is 0 Å². The van der Waals surface area contributed by atoms with Crippen LogP contribution < -0.4 is 5.32 Å². The number of hydrogen-bond acceptors (Lipinski definition) is 5. The Balaban J connectivity index is 3.37. The van der Waals surface area contributed by atoms with Crippen LogP contribution in [-0.2, 0) is 14.3 Å². The molecule has 0 saturated heterocycles. The molecular weight excluding hydrogens is 1040 g/mol. The first-order chi connectivity index (χ1) is 42.0. The van der Waals surface area contributed by atoms with Crippen molar-refractivity contribution in [3.63, 3.8) is 0 Å². The van der Waals surface area contributed by atoms with E-state index in [9.17, 15) is 19.8 Å². The summed E-state index contributed by atoms with van der Waals surface area (Å²) in [6, 6.07) is -0.627. The third-order valence-electron chi connectivity index (χ3n) is 18.2. The fourth-order valence-electron chi connectivity index (χ4n) is 12.3. The molecule has 0 aliphatic heterocycles. The predicted molar refractivity (Wildman–Crippen MR) is 375 cm³/mol. The van der Waals surface area contributed by atoms with E-state index in [4.69, 9.17) is 4.74 Å². The Morgan fingerprint density at radius 3 is 0.918 bits per heavy atom. The van der Waals surface area contributed by atoms with Crippen LogP contribution in [0.25, 0.3) is 0 Å². The number of rotatable bonds is 73. The molecule has 0 aliphatic rings. The summed E-state index contributed by atoms with van der Waals surface area (Å²) in [5.74, 6) is -0.0460. The van der Waals surface area contributed by atoms with Crippen molar-refractivity contribution in [1.82, 2.24) is 5.32 Å². The lowest BCUT2D eigenvalue weighted by atomic mass is 10.0. The molecular formula is C79H151NO5. The van der Waals surface area contributed by atoms with E-state index in [1.54, 1.807) is 6.08 Å². The molecule has 1 amide bonds. The third-order valence-corrected chi connectivity index (χ3v) is 18.2. The van der Waals surface area contributed by atoms with Gasteiger partial charge in [-0.1, -0.05) is 391 Å². The normalized spacial score (nSPS) is 12.7. The van der Waals surface area contributed by atoms with Crippen molar-refractivity contribution in [1.29, 1.82) is 0 Å². The van der Waals surface area contributed by atoms with Gasteiger partial charge in [0.05, 0.1) is 25.4 Å². The van der Waals surface area contributed by atoms with E-state index in [0.29, 0.717) is 19.4 Å². The van der Waals surface area contributed by atoms with Gasteiger partial charge >= 0.3 is 5.97 Å². The minimum atomic E-state index is -0.844. The summed E-state index contributed by atoms with van der Waals surface area (Å²) in [5, 5.41) is 23.3. The number of aliphatic hydroxyl groups excluding tert-OH is 2. The first kappa shape index (κ1) is 83.1. The van der Waals surface area contributed by atoms with Crippen molar-refractivity contribution in [2.75, 3.05) is 13.2 Å². The summed E-state index contributed by atoms with van der Waals surface area (Å²) >= 11 is 0. The van der Waals surface area contributed by atoms with Gasteiger partial charge in [-0.3, -0.25) is 9.59 Å². The number of aliphatic hydroxyl groups is 2. The SMILES string of the molecule is CCCCC/C=C\C/C=C\CCCCCCCCCCCC(=O)OCCCCCCCCCCCCCCCCCCCCCCCCCCCCCC(=O)NC(CO)C(O)/C=C/CCCCCCCCCCCCCCCCCCCCCC. The Bertz CT molecular complexity index is 1380. The summed E-state index contributed by atoms with van der Waals surface area (Å²) in [7, 11) is 0. The maximum absolute atomic E-state index is 12.5. The Hall–Kier alpha value is -1.92. The highest BCUT2D eigenvalue weighted by molar-refractivity contribution is 5.76. The second kappa shape index (κ2) is 74.5. The van der Waals surface area contributed by atoms with Crippen LogP contribution in [0.5, 0.6) is 0 Å². The highest BCUT2D eigenvalue weighted by Crippen LogP contribution is 2.20. The van der Waals surface area contributed by atoms with Gasteiger partial charge in [-0.15, -0.1) is 0 Å². The van der Waals surface area contributed by atoms with Crippen molar-refractivity contribution >= 4 is 11.9 Å². The largest absolute Gasteiger partial charge is 0.466 e. The predicted octanol–water partition coefficient (Wildman–Crippen LogP) is 25.4. The van der Waals surface area contributed by atoms with Crippen LogP contribution >= 0.6 is 0 Å². The Morgan fingerprint density at radius 2 is 0.588 bits per heavy atom. The van der Waals surface area contributed by atoms with E-state index in [1.165, 1.54) is 353 Å². The first-order valence-corrected chi connectivity index (χ1v) is 38.8. The number of unbranched alkanes of at least 4 members (excludes halogenated alkanes) is 58. The van der Waals surface area contributed by atoms with Crippen molar-refractivity contribution in [2.45, 2.75) is 443 Å². The number of hydrogen-bond donors (Lipinski definition) is 3. The van der Waals surface area contributed by atoms with Crippen molar-refractivity contribution in [3.8, 4) is 0 Å². The van der Waals surface area contributed by atoms with Gasteiger partial charge in [0.1, 0.15) is 0 Å². The van der Waals surface area contributed by atoms with E-state index in [-0.39, 0.29) is 18.5 Å². The summed E-state index contributed by atoms with van der Waals surface area (Å²) in [6.45, 7) is 4.93. The molecule has 0 saturated carbocycles. The van der Waals surface area contributed by atoms with Crippen LogP contribution in [0.15, 0.2) is 36.5 Å².